The van der Waals surface area contributed by atoms with Crippen molar-refractivity contribution in [2.24, 2.45) is 0 Å². The predicted octanol–water partition coefficient (Wildman–Crippen LogP) is 3.41. The van der Waals surface area contributed by atoms with E-state index in [2.05, 4.69) is 31.3 Å². The highest BCUT2D eigenvalue weighted by atomic mass is 16.5. The van der Waals surface area contributed by atoms with Crippen LogP contribution in [0.15, 0.2) is 18.2 Å². The highest BCUT2D eigenvalue weighted by Gasteiger charge is 2.11. The number of amides is 1. The first-order chi connectivity index (χ1) is 8.93. The van der Waals surface area contributed by atoms with Crippen LogP contribution >= 0.6 is 0 Å². The molecule has 106 valence electrons. The predicted molar refractivity (Wildman–Crippen MR) is 78.7 cm³/mol. The molecule has 0 aliphatic rings. The van der Waals surface area contributed by atoms with Crippen molar-refractivity contribution >= 4 is 5.91 Å². The molecule has 1 aromatic rings. The smallest absolute Gasteiger partial charge is 0.258 e. The fraction of sp³-hybridized carbons (Fsp3) is 0.562. The van der Waals surface area contributed by atoms with Gasteiger partial charge in [-0.15, -0.1) is 0 Å². The molecule has 0 aliphatic carbocycles. The maximum absolute atomic E-state index is 11.7. The summed E-state index contributed by atoms with van der Waals surface area (Å²) in [4.78, 5) is 11.7. The van der Waals surface area contributed by atoms with Crippen LogP contribution in [0, 0.1) is 6.92 Å². The molecule has 0 unspecified atom stereocenters. The van der Waals surface area contributed by atoms with Crippen molar-refractivity contribution in [3.63, 3.8) is 0 Å². The first-order valence-electron chi connectivity index (χ1n) is 6.96. The van der Waals surface area contributed by atoms with E-state index in [9.17, 15) is 4.79 Å². The second-order valence-electron chi connectivity index (χ2n) is 5.36. The molecular formula is C16H25NO2. The van der Waals surface area contributed by atoms with E-state index in [1.807, 2.05) is 26.8 Å². The number of nitrogens with one attached hydrogen (secondary N) is 1. The number of hydrogen-bond acceptors (Lipinski definition) is 2. The largest absolute Gasteiger partial charge is 0.483 e. The van der Waals surface area contributed by atoms with Gasteiger partial charge in [0.15, 0.2) is 6.61 Å². The van der Waals surface area contributed by atoms with E-state index >= 15 is 0 Å². The fourth-order valence-corrected chi connectivity index (χ4v) is 1.81. The van der Waals surface area contributed by atoms with Gasteiger partial charge in [0, 0.05) is 6.04 Å². The average molecular weight is 263 g/mol. The van der Waals surface area contributed by atoms with E-state index in [4.69, 9.17) is 4.74 Å². The van der Waals surface area contributed by atoms with Crippen LogP contribution in [-0.2, 0) is 4.79 Å². The third kappa shape index (κ3) is 4.93. The van der Waals surface area contributed by atoms with Crippen LogP contribution in [0.3, 0.4) is 0 Å². The minimum atomic E-state index is -0.0643. The van der Waals surface area contributed by atoms with Crippen LogP contribution in [0.4, 0.5) is 0 Å². The van der Waals surface area contributed by atoms with Gasteiger partial charge >= 0.3 is 0 Å². The van der Waals surface area contributed by atoms with Gasteiger partial charge in [0.05, 0.1) is 0 Å². The van der Waals surface area contributed by atoms with Crippen molar-refractivity contribution < 1.29 is 9.53 Å². The fourth-order valence-electron chi connectivity index (χ4n) is 1.81. The molecular weight excluding hydrogens is 238 g/mol. The maximum Gasteiger partial charge on any atom is 0.258 e. The van der Waals surface area contributed by atoms with Crippen LogP contribution in [0.5, 0.6) is 5.75 Å². The lowest BCUT2D eigenvalue weighted by molar-refractivity contribution is -0.123. The Morgan fingerprint density at radius 1 is 1.32 bits per heavy atom. The van der Waals surface area contributed by atoms with Gasteiger partial charge < -0.3 is 10.1 Å². The Hall–Kier alpha value is -1.51. The quantitative estimate of drug-likeness (QED) is 0.854. The molecule has 0 saturated carbocycles. The van der Waals surface area contributed by atoms with Crippen LogP contribution in [0.1, 0.15) is 51.2 Å². The summed E-state index contributed by atoms with van der Waals surface area (Å²) in [5, 5.41) is 2.90. The number of carbonyl (C=O) groups excluding carboxylic acids is 1. The van der Waals surface area contributed by atoms with E-state index in [0.29, 0.717) is 5.92 Å². The molecule has 1 rings (SSSR count). The van der Waals surface area contributed by atoms with Crippen molar-refractivity contribution in [3.8, 4) is 5.75 Å². The molecule has 0 radical (unpaired) electrons. The van der Waals surface area contributed by atoms with E-state index in [0.717, 1.165) is 23.3 Å². The summed E-state index contributed by atoms with van der Waals surface area (Å²) >= 11 is 0. The van der Waals surface area contributed by atoms with Gasteiger partial charge in [-0.05, 0) is 43.4 Å². The Balaban J connectivity index is 2.66. The maximum atomic E-state index is 11.7. The Morgan fingerprint density at radius 3 is 2.58 bits per heavy atom. The normalized spacial score (nSPS) is 12.3. The summed E-state index contributed by atoms with van der Waals surface area (Å²) < 4.78 is 5.67. The van der Waals surface area contributed by atoms with Crippen molar-refractivity contribution in [1.82, 2.24) is 5.32 Å². The van der Waals surface area contributed by atoms with Crippen molar-refractivity contribution in [2.75, 3.05) is 6.61 Å². The van der Waals surface area contributed by atoms with Crippen molar-refractivity contribution in [2.45, 2.75) is 53.0 Å². The van der Waals surface area contributed by atoms with Gasteiger partial charge in [0.1, 0.15) is 5.75 Å². The number of aryl methyl sites for hydroxylation is 1. The zero-order valence-electron chi connectivity index (χ0n) is 12.6. The summed E-state index contributed by atoms with van der Waals surface area (Å²) in [7, 11) is 0. The summed E-state index contributed by atoms with van der Waals surface area (Å²) in [6.45, 7) is 10.4. The Morgan fingerprint density at radius 2 is 2.00 bits per heavy atom. The Kier molecular flexibility index (Phi) is 5.87. The summed E-state index contributed by atoms with van der Waals surface area (Å²) in [5.41, 5.74) is 2.28. The van der Waals surface area contributed by atoms with Gasteiger partial charge in [0.25, 0.3) is 5.91 Å². The van der Waals surface area contributed by atoms with Crippen LogP contribution in [-0.4, -0.2) is 18.6 Å². The number of rotatable bonds is 6. The Labute approximate surface area is 116 Å². The molecule has 3 heteroatoms. The molecule has 19 heavy (non-hydrogen) atoms. The molecule has 1 N–H and O–H groups in total. The van der Waals surface area contributed by atoms with E-state index in [1.54, 1.807) is 0 Å². The number of benzene rings is 1. The first-order valence-corrected chi connectivity index (χ1v) is 6.96. The van der Waals surface area contributed by atoms with Gasteiger partial charge in [-0.25, -0.2) is 0 Å². The topological polar surface area (TPSA) is 38.3 Å². The standard InChI is InChI=1S/C16H25NO2/c1-6-13(5)17-16(18)10-19-15-9-12(4)7-8-14(15)11(2)3/h7-9,11,13H,6,10H2,1-5H3,(H,17,18)/t13-/m1/s1. The molecule has 3 nitrogen and oxygen atoms in total. The van der Waals surface area contributed by atoms with Crippen LogP contribution < -0.4 is 10.1 Å². The molecule has 0 spiro atoms. The molecule has 0 bridgehead atoms. The SMILES string of the molecule is CC[C@@H](C)NC(=O)COc1cc(C)ccc1C(C)C. The summed E-state index contributed by atoms with van der Waals surface area (Å²) in [6.07, 6.45) is 0.924. The number of hydrogen-bond donors (Lipinski definition) is 1. The van der Waals surface area contributed by atoms with Gasteiger partial charge in [0.2, 0.25) is 0 Å². The van der Waals surface area contributed by atoms with Gasteiger partial charge in [-0.3, -0.25) is 4.79 Å². The number of carbonyl (C=O) groups is 1. The molecule has 0 aliphatic heterocycles. The van der Waals surface area contributed by atoms with Gasteiger partial charge in [-0.1, -0.05) is 32.9 Å². The Bertz CT molecular complexity index is 427. The lowest BCUT2D eigenvalue weighted by Gasteiger charge is -2.16. The molecule has 0 heterocycles. The third-order valence-corrected chi connectivity index (χ3v) is 3.17. The number of ether oxygens (including phenoxy) is 1. The van der Waals surface area contributed by atoms with Crippen LogP contribution in [0.2, 0.25) is 0 Å². The van der Waals surface area contributed by atoms with Crippen molar-refractivity contribution in [1.29, 1.82) is 0 Å². The zero-order valence-corrected chi connectivity index (χ0v) is 12.6. The molecule has 0 fully saturated rings. The van der Waals surface area contributed by atoms with E-state index in [-0.39, 0.29) is 18.6 Å². The van der Waals surface area contributed by atoms with Gasteiger partial charge in [-0.2, -0.15) is 0 Å². The molecule has 1 amide bonds. The highest BCUT2D eigenvalue weighted by Crippen LogP contribution is 2.27. The third-order valence-electron chi connectivity index (χ3n) is 3.17. The summed E-state index contributed by atoms with van der Waals surface area (Å²) in [6, 6.07) is 6.33. The lowest BCUT2D eigenvalue weighted by Crippen LogP contribution is -2.35. The molecule has 0 aromatic heterocycles. The minimum absolute atomic E-state index is 0.0643. The molecule has 1 aromatic carbocycles. The minimum Gasteiger partial charge on any atom is -0.483 e. The summed E-state index contributed by atoms with van der Waals surface area (Å²) in [5.74, 6) is 1.13. The van der Waals surface area contributed by atoms with Crippen molar-refractivity contribution in [3.05, 3.63) is 29.3 Å². The zero-order chi connectivity index (χ0) is 14.4. The second kappa shape index (κ2) is 7.17. The van der Waals surface area contributed by atoms with E-state index < -0.39 is 0 Å². The monoisotopic (exact) mass is 263 g/mol. The highest BCUT2D eigenvalue weighted by molar-refractivity contribution is 5.77. The first kappa shape index (κ1) is 15.5. The second-order valence-corrected chi connectivity index (χ2v) is 5.36. The van der Waals surface area contributed by atoms with Crippen LogP contribution in [0.25, 0.3) is 0 Å². The lowest BCUT2D eigenvalue weighted by atomic mass is 10.0. The average Bonchev–Trinajstić information content (AvgIpc) is 2.35. The van der Waals surface area contributed by atoms with E-state index in [1.165, 1.54) is 0 Å². The molecule has 1 atom stereocenters. The molecule has 0 saturated heterocycles.